The molecule has 2 aliphatic heterocycles. The summed E-state index contributed by atoms with van der Waals surface area (Å²) in [6, 6.07) is 0.467. The van der Waals surface area contributed by atoms with Gasteiger partial charge in [-0.05, 0) is 47.0 Å². The molecule has 25 heavy (non-hydrogen) atoms. The monoisotopic (exact) mass is 351 g/mol. The fraction of sp³-hybridized carbons (Fsp3) is 0.950. The average molecular weight is 352 g/mol. The van der Waals surface area contributed by atoms with Gasteiger partial charge in [0, 0.05) is 43.6 Å². The Balaban J connectivity index is 1.59. The van der Waals surface area contributed by atoms with Crippen molar-refractivity contribution in [2.24, 2.45) is 16.3 Å². The second-order valence-corrected chi connectivity index (χ2v) is 9.40. The van der Waals surface area contributed by atoms with Crippen molar-refractivity contribution in [1.82, 2.24) is 10.2 Å². The summed E-state index contributed by atoms with van der Waals surface area (Å²) in [7, 11) is 0. The lowest BCUT2D eigenvalue weighted by Gasteiger charge is -2.55. The molecule has 3 fully saturated rings. The van der Waals surface area contributed by atoms with Gasteiger partial charge in [-0.2, -0.15) is 0 Å². The van der Waals surface area contributed by atoms with Crippen LogP contribution in [-0.4, -0.2) is 61.0 Å². The number of ether oxygens (including phenoxy) is 2. The Morgan fingerprint density at radius 3 is 2.52 bits per heavy atom. The molecule has 5 nitrogen and oxygen atoms in total. The van der Waals surface area contributed by atoms with E-state index in [1.807, 2.05) is 0 Å². The van der Waals surface area contributed by atoms with Gasteiger partial charge in [-0.15, -0.1) is 0 Å². The van der Waals surface area contributed by atoms with E-state index in [9.17, 15) is 0 Å². The third-order valence-electron chi connectivity index (χ3n) is 5.95. The highest BCUT2D eigenvalue weighted by atomic mass is 16.5. The predicted molar refractivity (Wildman–Crippen MR) is 102 cm³/mol. The Hall–Kier alpha value is -0.810. The normalized spacial score (nSPS) is 33.1. The Labute approximate surface area is 153 Å². The average Bonchev–Trinajstić information content (AvgIpc) is 2.97. The van der Waals surface area contributed by atoms with Gasteiger partial charge in [-0.3, -0.25) is 4.99 Å². The molecule has 3 rings (SSSR count). The largest absolute Gasteiger partial charge is 0.377 e. The molecule has 0 aromatic rings. The van der Waals surface area contributed by atoms with Gasteiger partial charge >= 0.3 is 0 Å². The maximum absolute atomic E-state index is 6.17. The summed E-state index contributed by atoms with van der Waals surface area (Å²) < 4.78 is 12.1. The molecule has 0 spiro atoms. The maximum atomic E-state index is 6.17. The molecule has 1 saturated carbocycles. The quantitative estimate of drug-likeness (QED) is 0.627. The minimum atomic E-state index is -0.0567. The van der Waals surface area contributed by atoms with Crippen molar-refractivity contribution >= 4 is 5.96 Å². The first-order chi connectivity index (χ1) is 11.7. The van der Waals surface area contributed by atoms with Crippen molar-refractivity contribution in [3.05, 3.63) is 0 Å². The van der Waals surface area contributed by atoms with E-state index >= 15 is 0 Å². The van der Waals surface area contributed by atoms with Crippen molar-refractivity contribution in [3.8, 4) is 0 Å². The number of piperidine rings is 1. The van der Waals surface area contributed by atoms with Crippen molar-refractivity contribution in [3.63, 3.8) is 0 Å². The predicted octanol–water partition coefficient (Wildman–Crippen LogP) is 3.04. The van der Waals surface area contributed by atoms with Crippen LogP contribution in [0.2, 0.25) is 0 Å². The van der Waals surface area contributed by atoms with Gasteiger partial charge in [0.15, 0.2) is 5.96 Å². The number of nitrogens with zero attached hydrogens (tertiary/aromatic N) is 2. The first-order valence-corrected chi connectivity index (χ1v) is 10.1. The zero-order valence-electron chi connectivity index (χ0n) is 17.0. The number of rotatable bonds is 3. The molecule has 1 aliphatic carbocycles. The van der Waals surface area contributed by atoms with E-state index in [4.69, 9.17) is 14.5 Å². The van der Waals surface area contributed by atoms with Crippen molar-refractivity contribution in [2.75, 3.05) is 26.2 Å². The molecule has 0 aromatic carbocycles. The highest BCUT2D eigenvalue weighted by Gasteiger charge is 2.59. The number of hydrogen-bond acceptors (Lipinski definition) is 3. The molecule has 2 saturated heterocycles. The molecule has 0 aromatic heterocycles. The van der Waals surface area contributed by atoms with Crippen LogP contribution in [0.15, 0.2) is 4.99 Å². The Kier molecular flexibility index (Phi) is 5.36. The van der Waals surface area contributed by atoms with E-state index in [-0.39, 0.29) is 11.0 Å². The number of nitrogens with one attached hydrogen (secondary N) is 1. The molecule has 2 heterocycles. The van der Waals surface area contributed by atoms with Crippen LogP contribution in [0, 0.1) is 11.3 Å². The summed E-state index contributed by atoms with van der Waals surface area (Å²) in [5.41, 5.74) is 0.127. The summed E-state index contributed by atoms with van der Waals surface area (Å²) in [6.45, 7) is 17.0. The fourth-order valence-electron chi connectivity index (χ4n) is 4.83. The SMILES string of the molecule is CCN=C(NC1C2CCOC2C1(C)C)N1CCC(OC(C)(C)C)CC1. The summed E-state index contributed by atoms with van der Waals surface area (Å²) in [6.07, 6.45) is 4.10. The van der Waals surface area contributed by atoms with Crippen LogP contribution < -0.4 is 5.32 Å². The van der Waals surface area contributed by atoms with E-state index in [0.29, 0.717) is 24.2 Å². The second-order valence-electron chi connectivity index (χ2n) is 9.40. The van der Waals surface area contributed by atoms with Gasteiger partial charge in [-0.25, -0.2) is 0 Å². The molecule has 3 unspecified atom stereocenters. The van der Waals surface area contributed by atoms with Gasteiger partial charge in [0.05, 0.1) is 17.8 Å². The fourth-order valence-corrected chi connectivity index (χ4v) is 4.83. The lowest BCUT2D eigenvalue weighted by Crippen LogP contribution is -2.68. The van der Waals surface area contributed by atoms with Crippen LogP contribution in [0.3, 0.4) is 0 Å². The summed E-state index contributed by atoms with van der Waals surface area (Å²) in [4.78, 5) is 7.22. The van der Waals surface area contributed by atoms with Crippen molar-refractivity contribution in [1.29, 1.82) is 0 Å². The minimum Gasteiger partial charge on any atom is -0.377 e. The Morgan fingerprint density at radius 2 is 1.92 bits per heavy atom. The van der Waals surface area contributed by atoms with Crippen LogP contribution in [0.5, 0.6) is 0 Å². The van der Waals surface area contributed by atoms with E-state index in [1.54, 1.807) is 0 Å². The third kappa shape index (κ3) is 3.97. The van der Waals surface area contributed by atoms with Crippen molar-refractivity contribution < 1.29 is 9.47 Å². The van der Waals surface area contributed by atoms with E-state index in [2.05, 4.69) is 51.8 Å². The van der Waals surface area contributed by atoms with Gasteiger partial charge in [0.25, 0.3) is 0 Å². The highest BCUT2D eigenvalue weighted by Crippen LogP contribution is 2.52. The minimum absolute atomic E-state index is 0.0567. The maximum Gasteiger partial charge on any atom is 0.194 e. The van der Waals surface area contributed by atoms with Crippen LogP contribution >= 0.6 is 0 Å². The van der Waals surface area contributed by atoms with Crippen LogP contribution in [-0.2, 0) is 9.47 Å². The van der Waals surface area contributed by atoms with Crippen LogP contribution in [0.25, 0.3) is 0 Å². The standard InChI is InChI=1S/C20H37N3O2/c1-7-21-18(22-16-15-10-13-24-17(15)20(16,5)6)23-11-8-14(9-12-23)25-19(2,3)4/h14-17H,7-13H2,1-6H3,(H,21,22). The molecule has 0 amide bonds. The lowest BCUT2D eigenvalue weighted by atomic mass is 9.57. The lowest BCUT2D eigenvalue weighted by molar-refractivity contribution is -0.108. The molecule has 0 radical (unpaired) electrons. The number of likely N-dealkylation sites (tertiary alicyclic amines) is 1. The molecule has 3 aliphatic rings. The van der Waals surface area contributed by atoms with E-state index < -0.39 is 0 Å². The molecule has 3 atom stereocenters. The number of guanidine groups is 1. The number of fused-ring (bicyclic) bond motifs is 1. The third-order valence-corrected chi connectivity index (χ3v) is 5.95. The van der Waals surface area contributed by atoms with Gasteiger partial charge in [0.2, 0.25) is 0 Å². The van der Waals surface area contributed by atoms with Crippen LogP contribution in [0.1, 0.15) is 60.8 Å². The molecular formula is C20H37N3O2. The smallest absolute Gasteiger partial charge is 0.194 e. The van der Waals surface area contributed by atoms with E-state index in [1.165, 1.54) is 6.42 Å². The van der Waals surface area contributed by atoms with Crippen molar-refractivity contribution in [2.45, 2.75) is 84.7 Å². The number of aliphatic imine (C=N–C) groups is 1. The topological polar surface area (TPSA) is 46.1 Å². The second kappa shape index (κ2) is 7.07. The molecule has 1 N–H and O–H groups in total. The molecule has 5 heteroatoms. The van der Waals surface area contributed by atoms with E-state index in [0.717, 1.165) is 45.0 Å². The van der Waals surface area contributed by atoms with Gasteiger partial charge < -0.3 is 19.7 Å². The first-order valence-electron chi connectivity index (χ1n) is 10.1. The van der Waals surface area contributed by atoms with Gasteiger partial charge in [-0.1, -0.05) is 13.8 Å². The summed E-state index contributed by atoms with van der Waals surface area (Å²) >= 11 is 0. The Bertz CT molecular complexity index is 490. The zero-order valence-corrected chi connectivity index (χ0v) is 17.0. The Morgan fingerprint density at radius 1 is 1.24 bits per heavy atom. The van der Waals surface area contributed by atoms with Gasteiger partial charge in [0.1, 0.15) is 0 Å². The highest BCUT2D eigenvalue weighted by molar-refractivity contribution is 5.80. The number of hydrogen-bond donors (Lipinski definition) is 1. The summed E-state index contributed by atoms with van der Waals surface area (Å²) in [5, 5.41) is 3.80. The van der Waals surface area contributed by atoms with Crippen LogP contribution in [0.4, 0.5) is 0 Å². The summed E-state index contributed by atoms with van der Waals surface area (Å²) in [5.74, 6) is 1.72. The molecule has 0 bridgehead atoms. The zero-order chi connectivity index (χ0) is 18.2. The first kappa shape index (κ1) is 19.0. The molecular weight excluding hydrogens is 314 g/mol. The molecule has 144 valence electrons.